The Hall–Kier alpha value is -0.420. The minimum atomic E-state index is 0.618. The Kier molecular flexibility index (Phi) is 5.39. The van der Waals surface area contributed by atoms with Crippen molar-refractivity contribution in [2.24, 2.45) is 0 Å². The summed E-state index contributed by atoms with van der Waals surface area (Å²) < 4.78 is 7.24. The van der Waals surface area contributed by atoms with E-state index in [1.807, 2.05) is 31.2 Å². The summed E-state index contributed by atoms with van der Waals surface area (Å²) in [6.07, 6.45) is 0. The molecule has 0 radical (unpaired) electrons. The lowest BCUT2D eigenvalue weighted by Gasteiger charge is -2.12. The number of rotatable bonds is 5. The largest absolute Gasteiger partial charge is 0.492 e. The van der Waals surface area contributed by atoms with Crippen molar-refractivity contribution in [1.29, 1.82) is 0 Å². The van der Waals surface area contributed by atoms with Gasteiger partial charge in [-0.2, -0.15) is 0 Å². The highest BCUT2D eigenvalue weighted by Gasteiger charge is 2.07. The van der Waals surface area contributed by atoms with E-state index in [-0.39, 0.29) is 0 Å². The second-order valence-electron chi connectivity index (χ2n) is 3.76. The van der Waals surface area contributed by atoms with E-state index in [9.17, 15) is 0 Å². The van der Waals surface area contributed by atoms with Crippen molar-refractivity contribution in [2.45, 2.75) is 13.5 Å². The molecule has 0 bridgehead atoms. The maximum atomic E-state index is 6.02. The molecule has 0 atom stereocenters. The number of anilines is 1. The molecule has 1 N–H and O–H groups in total. The molecule has 6 heteroatoms. The lowest BCUT2D eigenvalue weighted by atomic mass is 10.3. The number of ether oxygens (including phenoxy) is 1. The molecule has 0 saturated heterocycles. The molecule has 0 aliphatic rings. The second kappa shape index (κ2) is 6.84. The Morgan fingerprint density at radius 1 is 1.32 bits per heavy atom. The van der Waals surface area contributed by atoms with Gasteiger partial charge in [-0.05, 0) is 47.1 Å². The van der Waals surface area contributed by atoms with Crippen molar-refractivity contribution >= 4 is 56.2 Å². The third-order valence-electron chi connectivity index (χ3n) is 2.39. The van der Waals surface area contributed by atoms with Crippen LogP contribution in [-0.2, 0) is 6.54 Å². The van der Waals surface area contributed by atoms with Gasteiger partial charge >= 0.3 is 0 Å². The highest BCUT2D eigenvalue weighted by Crippen LogP contribution is 2.33. The minimum Gasteiger partial charge on any atom is -0.492 e. The lowest BCUT2D eigenvalue weighted by Crippen LogP contribution is -2.01. The van der Waals surface area contributed by atoms with Gasteiger partial charge in [-0.3, -0.25) is 0 Å². The van der Waals surface area contributed by atoms with Gasteiger partial charge in [0.25, 0.3) is 0 Å². The number of hydrogen-bond donors (Lipinski definition) is 1. The van der Waals surface area contributed by atoms with Crippen LogP contribution in [0.15, 0.2) is 28.7 Å². The van der Waals surface area contributed by atoms with Gasteiger partial charge in [0, 0.05) is 20.9 Å². The van der Waals surface area contributed by atoms with Crippen molar-refractivity contribution in [2.75, 3.05) is 11.9 Å². The molecule has 0 saturated carbocycles. The van der Waals surface area contributed by atoms with Crippen LogP contribution in [0, 0.1) is 0 Å². The fourth-order valence-corrected chi connectivity index (χ4v) is 3.48. The third-order valence-corrected chi connectivity index (χ3v) is 5.10. The van der Waals surface area contributed by atoms with Crippen LogP contribution in [0.1, 0.15) is 11.8 Å². The van der Waals surface area contributed by atoms with E-state index in [2.05, 4.69) is 21.2 Å². The zero-order valence-electron chi connectivity index (χ0n) is 10.2. The van der Waals surface area contributed by atoms with E-state index in [0.29, 0.717) is 18.2 Å². The van der Waals surface area contributed by atoms with Crippen LogP contribution in [0.2, 0.25) is 9.36 Å². The highest BCUT2D eigenvalue weighted by molar-refractivity contribution is 9.10. The van der Waals surface area contributed by atoms with Gasteiger partial charge in [0.15, 0.2) is 0 Å². The standard InChI is InChI=1S/C13H12BrCl2NOS/c1-2-18-12-4-3-8(15)5-11(12)17-7-9-6-10(14)13(16)19-9/h3-6,17H,2,7H2,1H3. The monoisotopic (exact) mass is 379 g/mol. The summed E-state index contributed by atoms with van der Waals surface area (Å²) in [6.45, 7) is 3.25. The van der Waals surface area contributed by atoms with Crippen molar-refractivity contribution < 1.29 is 4.74 Å². The molecule has 0 fully saturated rings. The van der Waals surface area contributed by atoms with E-state index in [1.54, 1.807) is 0 Å². The summed E-state index contributed by atoms with van der Waals surface area (Å²) in [5, 5.41) is 3.99. The molecular weight excluding hydrogens is 369 g/mol. The molecule has 2 nitrogen and oxygen atoms in total. The summed E-state index contributed by atoms with van der Waals surface area (Å²) in [6, 6.07) is 7.55. The average molecular weight is 381 g/mol. The van der Waals surface area contributed by atoms with Gasteiger partial charge in [-0.15, -0.1) is 11.3 Å². The van der Waals surface area contributed by atoms with Gasteiger partial charge in [0.2, 0.25) is 0 Å². The van der Waals surface area contributed by atoms with E-state index in [4.69, 9.17) is 27.9 Å². The topological polar surface area (TPSA) is 21.3 Å². The van der Waals surface area contributed by atoms with Crippen LogP contribution in [-0.4, -0.2) is 6.61 Å². The normalized spacial score (nSPS) is 10.5. The van der Waals surface area contributed by atoms with Gasteiger partial charge in [-0.25, -0.2) is 0 Å². The summed E-state index contributed by atoms with van der Waals surface area (Å²) in [7, 11) is 0. The molecule has 0 spiro atoms. The van der Waals surface area contributed by atoms with Crippen LogP contribution in [0.3, 0.4) is 0 Å². The first-order chi connectivity index (χ1) is 9.10. The van der Waals surface area contributed by atoms with Gasteiger partial charge in [0.1, 0.15) is 10.1 Å². The van der Waals surface area contributed by atoms with Crippen LogP contribution >= 0.6 is 50.5 Å². The van der Waals surface area contributed by atoms with E-state index in [0.717, 1.165) is 25.1 Å². The Morgan fingerprint density at radius 3 is 2.74 bits per heavy atom. The Morgan fingerprint density at radius 2 is 2.11 bits per heavy atom. The van der Waals surface area contributed by atoms with Gasteiger partial charge in [0.05, 0.1) is 12.3 Å². The first-order valence-electron chi connectivity index (χ1n) is 5.70. The van der Waals surface area contributed by atoms with Crippen molar-refractivity contribution in [3.63, 3.8) is 0 Å². The number of hydrogen-bond acceptors (Lipinski definition) is 3. The Balaban J connectivity index is 2.11. The van der Waals surface area contributed by atoms with Crippen LogP contribution in [0.25, 0.3) is 0 Å². The van der Waals surface area contributed by atoms with Gasteiger partial charge in [-0.1, -0.05) is 23.2 Å². The van der Waals surface area contributed by atoms with E-state index < -0.39 is 0 Å². The second-order valence-corrected chi connectivity index (χ2v) is 6.79. The molecule has 1 aromatic heterocycles. The molecule has 1 heterocycles. The first-order valence-corrected chi connectivity index (χ1v) is 8.06. The Bertz CT molecular complexity index is 554. The molecule has 102 valence electrons. The van der Waals surface area contributed by atoms with Gasteiger partial charge < -0.3 is 10.1 Å². The highest BCUT2D eigenvalue weighted by atomic mass is 79.9. The van der Waals surface area contributed by atoms with E-state index >= 15 is 0 Å². The zero-order valence-corrected chi connectivity index (χ0v) is 14.1. The maximum Gasteiger partial charge on any atom is 0.142 e. The van der Waals surface area contributed by atoms with Crippen LogP contribution < -0.4 is 10.1 Å². The molecule has 2 rings (SSSR count). The fourth-order valence-electron chi connectivity index (χ4n) is 1.58. The first kappa shape index (κ1) is 15.0. The van der Waals surface area contributed by atoms with Crippen LogP contribution in [0.4, 0.5) is 5.69 Å². The predicted molar refractivity (Wildman–Crippen MR) is 87.0 cm³/mol. The van der Waals surface area contributed by atoms with E-state index in [1.165, 1.54) is 11.3 Å². The molecule has 0 unspecified atom stereocenters. The quantitative estimate of drug-likeness (QED) is 0.704. The predicted octanol–water partition coefficient (Wildman–Crippen LogP) is 5.83. The number of benzene rings is 1. The summed E-state index contributed by atoms with van der Waals surface area (Å²) in [5.74, 6) is 0.800. The lowest BCUT2D eigenvalue weighted by molar-refractivity contribution is 0.341. The zero-order chi connectivity index (χ0) is 13.8. The molecular formula is C13H12BrCl2NOS. The van der Waals surface area contributed by atoms with Crippen molar-refractivity contribution in [1.82, 2.24) is 0 Å². The number of thiophene rings is 1. The SMILES string of the molecule is CCOc1ccc(Cl)cc1NCc1cc(Br)c(Cl)s1. The molecule has 19 heavy (non-hydrogen) atoms. The van der Waals surface area contributed by atoms with Crippen molar-refractivity contribution in [3.05, 3.63) is 43.0 Å². The van der Waals surface area contributed by atoms with Crippen molar-refractivity contribution in [3.8, 4) is 5.75 Å². The third kappa shape index (κ3) is 4.02. The molecule has 0 amide bonds. The van der Waals surface area contributed by atoms with Crippen LogP contribution in [0.5, 0.6) is 5.75 Å². The Labute approximate surface area is 134 Å². The maximum absolute atomic E-state index is 6.02. The minimum absolute atomic E-state index is 0.618. The summed E-state index contributed by atoms with van der Waals surface area (Å²) >= 11 is 17.0. The average Bonchev–Trinajstić information content (AvgIpc) is 2.69. The number of halogens is 3. The molecule has 1 aromatic carbocycles. The molecule has 2 aromatic rings. The molecule has 0 aliphatic carbocycles. The summed E-state index contributed by atoms with van der Waals surface area (Å²) in [4.78, 5) is 1.14. The fraction of sp³-hybridized carbons (Fsp3) is 0.231. The summed E-state index contributed by atoms with van der Waals surface area (Å²) in [5.41, 5.74) is 0.884. The number of nitrogens with one attached hydrogen (secondary N) is 1. The molecule has 0 aliphatic heterocycles. The smallest absolute Gasteiger partial charge is 0.142 e.